The van der Waals surface area contributed by atoms with Gasteiger partial charge in [-0.25, -0.2) is 0 Å². The van der Waals surface area contributed by atoms with Crippen molar-refractivity contribution in [2.75, 3.05) is 12.4 Å². The first kappa shape index (κ1) is 13.2. The summed E-state index contributed by atoms with van der Waals surface area (Å²) in [7, 11) is 1.90. The Morgan fingerprint density at radius 2 is 2.00 bits per heavy atom. The maximum atomic E-state index is 12.5. The smallest absolute Gasteiger partial charge is 0.253 e. The van der Waals surface area contributed by atoms with E-state index in [-0.39, 0.29) is 11.8 Å². The Kier molecular flexibility index (Phi) is 3.47. The van der Waals surface area contributed by atoms with E-state index in [1.807, 2.05) is 30.1 Å². The Balaban J connectivity index is 1.80. The second-order valence-electron chi connectivity index (χ2n) is 5.77. The van der Waals surface area contributed by atoms with Crippen molar-refractivity contribution < 1.29 is 9.59 Å². The van der Waals surface area contributed by atoms with Crippen molar-refractivity contribution in [2.24, 2.45) is 0 Å². The molecule has 4 heteroatoms. The van der Waals surface area contributed by atoms with Crippen molar-refractivity contribution in [2.45, 2.75) is 44.6 Å². The topological polar surface area (TPSA) is 49.4 Å². The van der Waals surface area contributed by atoms with E-state index < -0.39 is 0 Å². The van der Waals surface area contributed by atoms with E-state index in [0.29, 0.717) is 12.5 Å². The first-order valence-electron chi connectivity index (χ1n) is 7.35. The SMILES string of the molecule is CN(C(=O)c1ccc2c(c1)CCC(=O)N2)C1CCCC1. The minimum atomic E-state index is 0.0552. The lowest BCUT2D eigenvalue weighted by molar-refractivity contribution is -0.116. The molecule has 2 aliphatic rings. The zero-order chi connectivity index (χ0) is 14.1. The minimum absolute atomic E-state index is 0.0552. The molecule has 0 radical (unpaired) electrons. The predicted octanol–water partition coefficient (Wildman–Crippen LogP) is 2.59. The van der Waals surface area contributed by atoms with Crippen LogP contribution in [0, 0.1) is 0 Å². The molecule has 1 aromatic rings. The molecule has 0 saturated heterocycles. The Labute approximate surface area is 119 Å². The second kappa shape index (κ2) is 5.27. The van der Waals surface area contributed by atoms with E-state index in [1.165, 1.54) is 12.8 Å². The molecule has 1 saturated carbocycles. The molecule has 1 aliphatic carbocycles. The van der Waals surface area contributed by atoms with Crippen LogP contribution in [0.1, 0.15) is 48.0 Å². The maximum Gasteiger partial charge on any atom is 0.253 e. The molecular formula is C16H20N2O2. The van der Waals surface area contributed by atoms with Gasteiger partial charge in [-0.1, -0.05) is 12.8 Å². The molecule has 20 heavy (non-hydrogen) atoms. The van der Waals surface area contributed by atoms with Crippen molar-refractivity contribution in [3.63, 3.8) is 0 Å². The largest absolute Gasteiger partial charge is 0.339 e. The van der Waals surface area contributed by atoms with Crippen LogP contribution in [-0.4, -0.2) is 29.8 Å². The third-order valence-electron chi connectivity index (χ3n) is 4.44. The molecule has 1 fully saturated rings. The molecule has 0 bridgehead atoms. The zero-order valence-electron chi connectivity index (χ0n) is 11.8. The molecule has 1 aromatic carbocycles. The third kappa shape index (κ3) is 2.42. The molecule has 0 atom stereocenters. The van der Waals surface area contributed by atoms with Gasteiger partial charge >= 0.3 is 0 Å². The van der Waals surface area contributed by atoms with E-state index >= 15 is 0 Å². The number of aryl methyl sites for hydroxylation is 1. The second-order valence-corrected chi connectivity index (χ2v) is 5.77. The Bertz CT molecular complexity index is 547. The number of benzene rings is 1. The highest BCUT2D eigenvalue weighted by atomic mass is 16.2. The average Bonchev–Trinajstić information content (AvgIpc) is 2.99. The summed E-state index contributed by atoms with van der Waals surface area (Å²) < 4.78 is 0. The standard InChI is InChI=1S/C16H20N2O2/c1-18(13-4-2-3-5-13)16(20)12-6-8-14-11(10-12)7-9-15(19)17-14/h6,8,10,13H,2-5,7,9H2,1H3,(H,17,19). The van der Waals surface area contributed by atoms with Crippen molar-refractivity contribution in [1.82, 2.24) is 4.90 Å². The highest BCUT2D eigenvalue weighted by Crippen LogP contribution is 2.26. The number of fused-ring (bicyclic) bond motifs is 1. The van der Waals surface area contributed by atoms with E-state index in [0.717, 1.165) is 36.1 Å². The van der Waals surface area contributed by atoms with Gasteiger partial charge in [-0.3, -0.25) is 9.59 Å². The van der Waals surface area contributed by atoms with Gasteiger partial charge < -0.3 is 10.2 Å². The fourth-order valence-corrected chi connectivity index (χ4v) is 3.18. The van der Waals surface area contributed by atoms with Gasteiger partial charge in [0.25, 0.3) is 5.91 Å². The quantitative estimate of drug-likeness (QED) is 0.899. The van der Waals surface area contributed by atoms with Crippen LogP contribution in [0.2, 0.25) is 0 Å². The lowest BCUT2D eigenvalue weighted by atomic mass is 9.99. The minimum Gasteiger partial charge on any atom is -0.339 e. The van der Waals surface area contributed by atoms with Crippen LogP contribution in [-0.2, 0) is 11.2 Å². The Morgan fingerprint density at radius 1 is 1.25 bits per heavy atom. The van der Waals surface area contributed by atoms with Crippen LogP contribution >= 0.6 is 0 Å². The molecule has 1 N–H and O–H groups in total. The Hall–Kier alpha value is -1.84. The van der Waals surface area contributed by atoms with Gasteiger partial charge in [0.2, 0.25) is 5.91 Å². The summed E-state index contributed by atoms with van der Waals surface area (Å²) in [6.07, 6.45) is 5.89. The molecular weight excluding hydrogens is 252 g/mol. The van der Waals surface area contributed by atoms with Crippen LogP contribution < -0.4 is 5.32 Å². The van der Waals surface area contributed by atoms with Gasteiger partial charge in [0.05, 0.1) is 0 Å². The fourth-order valence-electron chi connectivity index (χ4n) is 3.18. The van der Waals surface area contributed by atoms with Crippen molar-refractivity contribution in [3.8, 4) is 0 Å². The number of carbonyl (C=O) groups excluding carboxylic acids is 2. The molecule has 0 spiro atoms. The summed E-state index contributed by atoms with van der Waals surface area (Å²) >= 11 is 0. The number of amides is 2. The normalized spacial score (nSPS) is 18.6. The first-order valence-corrected chi connectivity index (χ1v) is 7.35. The summed E-state index contributed by atoms with van der Waals surface area (Å²) in [6, 6.07) is 5.99. The number of carbonyl (C=O) groups is 2. The molecule has 1 aliphatic heterocycles. The average molecular weight is 272 g/mol. The van der Waals surface area contributed by atoms with E-state index in [4.69, 9.17) is 0 Å². The highest BCUT2D eigenvalue weighted by molar-refractivity contribution is 5.98. The van der Waals surface area contributed by atoms with Crippen LogP contribution in [0.3, 0.4) is 0 Å². The summed E-state index contributed by atoms with van der Waals surface area (Å²) in [5.74, 6) is 0.149. The molecule has 106 valence electrons. The lowest BCUT2D eigenvalue weighted by Crippen LogP contribution is -2.35. The predicted molar refractivity (Wildman–Crippen MR) is 77.7 cm³/mol. The third-order valence-corrected chi connectivity index (χ3v) is 4.44. The van der Waals surface area contributed by atoms with E-state index in [1.54, 1.807) is 0 Å². The van der Waals surface area contributed by atoms with Gasteiger partial charge in [-0.2, -0.15) is 0 Å². The van der Waals surface area contributed by atoms with Crippen molar-refractivity contribution in [1.29, 1.82) is 0 Å². The molecule has 4 nitrogen and oxygen atoms in total. The number of hydrogen-bond acceptors (Lipinski definition) is 2. The zero-order valence-corrected chi connectivity index (χ0v) is 11.8. The van der Waals surface area contributed by atoms with Crippen LogP contribution in [0.5, 0.6) is 0 Å². The highest BCUT2D eigenvalue weighted by Gasteiger charge is 2.25. The number of hydrogen-bond donors (Lipinski definition) is 1. The van der Waals surface area contributed by atoms with E-state index in [2.05, 4.69) is 5.32 Å². The number of anilines is 1. The Morgan fingerprint density at radius 3 is 2.75 bits per heavy atom. The first-order chi connectivity index (χ1) is 9.65. The monoisotopic (exact) mass is 272 g/mol. The van der Waals surface area contributed by atoms with Gasteiger partial charge in [0.15, 0.2) is 0 Å². The van der Waals surface area contributed by atoms with Crippen LogP contribution in [0.15, 0.2) is 18.2 Å². The van der Waals surface area contributed by atoms with Crippen LogP contribution in [0.4, 0.5) is 5.69 Å². The van der Waals surface area contributed by atoms with Gasteiger partial charge in [0, 0.05) is 30.8 Å². The molecule has 0 aromatic heterocycles. The number of nitrogens with zero attached hydrogens (tertiary/aromatic N) is 1. The van der Waals surface area contributed by atoms with Gasteiger partial charge in [0.1, 0.15) is 0 Å². The van der Waals surface area contributed by atoms with Gasteiger partial charge in [-0.15, -0.1) is 0 Å². The number of nitrogens with one attached hydrogen (secondary N) is 1. The number of rotatable bonds is 2. The summed E-state index contributed by atoms with van der Waals surface area (Å²) in [5.41, 5.74) is 2.64. The lowest BCUT2D eigenvalue weighted by Gasteiger charge is -2.25. The van der Waals surface area contributed by atoms with Gasteiger partial charge in [-0.05, 0) is 43.0 Å². The van der Waals surface area contributed by atoms with Crippen molar-refractivity contribution in [3.05, 3.63) is 29.3 Å². The van der Waals surface area contributed by atoms with Crippen LogP contribution in [0.25, 0.3) is 0 Å². The molecule has 2 amide bonds. The molecule has 0 unspecified atom stereocenters. The summed E-state index contributed by atoms with van der Waals surface area (Å²) in [6.45, 7) is 0. The molecule has 3 rings (SSSR count). The molecule has 1 heterocycles. The summed E-state index contributed by atoms with van der Waals surface area (Å²) in [5, 5.41) is 2.85. The fraction of sp³-hybridized carbons (Fsp3) is 0.500. The van der Waals surface area contributed by atoms with Crippen molar-refractivity contribution >= 4 is 17.5 Å². The summed E-state index contributed by atoms with van der Waals surface area (Å²) in [4.78, 5) is 25.7. The maximum absolute atomic E-state index is 12.5. The van der Waals surface area contributed by atoms with E-state index in [9.17, 15) is 9.59 Å².